The van der Waals surface area contributed by atoms with Crippen LogP contribution in [-0.4, -0.2) is 20.1 Å². The van der Waals surface area contributed by atoms with E-state index in [1.54, 1.807) is 6.20 Å². The Kier molecular flexibility index (Phi) is 3.42. The molecule has 2 heterocycles. The number of anilines is 2. The van der Waals surface area contributed by atoms with Gasteiger partial charge in [-0.2, -0.15) is 5.10 Å². The molecule has 0 unspecified atom stereocenters. The Morgan fingerprint density at radius 3 is 2.94 bits per heavy atom. The van der Waals surface area contributed by atoms with Crippen LogP contribution in [0.2, 0.25) is 0 Å². The molecule has 0 aliphatic heterocycles. The van der Waals surface area contributed by atoms with Crippen LogP contribution in [0.15, 0.2) is 22.9 Å². The molecular formula is C9H9BrN6O2. The summed E-state index contributed by atoms with van der Waals surface area (Å²) in [4.78, 5) is 14.3. The number of nitrogens with zero attached hydrogens (tertiary/aromatic N) is 3. The van der Waals surface area contributed by atoms with Crippen LogP contribution in [0.25, 0.3) is 0 Å². The maximum atomic E-state index is 10.9. The molecule has 0 aromatic carbocycles. The van der Waals surface area contributed by atoms with Gasteiger partial charge >= 0.3 is 5.69 Å². The van der Waals surface area contributed by atoms with E-state index in [0.29, 0.717) is 22.4 Å². The van der Waals surface area contributed by atoms with E-state index in [-0.39, 0.29) is 11.5 Å². The van der Waals surface area contributed by atoms with E-state index < -0.39 is 4.92 Å². The molecule has 0 amide bonds. The lowest BCUT2D eigenvalue weighted by Crippen LogP contribution is -2.05. The standard InChI is InChI=1S/C9H9BrN6O2/c10-6-1-7(16(17)18)9(13-4-6)12-2-5-3-14-15-8(5)11/h1,3-4H,2H2,(H,12,13)(H3,11,14,15). The number of halogens is 1. The largest absolute Gasteiger partial charge is 0.384 e. The first-order chi connectivity index (χ1) is 8.58. The molecule has 18 heavy (non-hydrogen) atoms. The Morgan fingerprint density at radius 1 is 1.56 bits per heavy atom. The van der Waals surface area contributed by atoms with Crippen molar-refractivity contribution in [2.75, 3.05) is 11.1 Å². The molecule has 2 aromatic rings. The number of nitrogen functional groups attached to an aromatic ring is 1. The summed E-state index contributed by atoms with van der Waals surface area (Å²) in [5.41, 5.74) is 6.22. The van der Waals surface area contributed by atoms with Gasteiger partial charge in [0.05, 0.1) is 11.1 Å². The number of aromatic amines is 1. The number of nitrogens with one attached hydrogen (secondary N) is 2. The average molecular weight is 313 g/mol. The fourth-order valence-corrected chi connectivity index (χ4v) is 1.66. The maximum absolute atomic E-state index is 10.9. The van der Waals surface area contributed by atoms with E-state index in [9.17, 15) is 10.1 Å². The fraction of sp³-hybridized carbons (Fsp3) is 0.111. The lowest BCUT2D eigenvalue weighted by molar-refractivity contribution is -0.384. The SMILES string of the molecule is Nc1[nH]ncc1CNc1ncc(Br)cc1[N+](=O)[O-]. The zero-order chi connectivity index (χ0) is 13.1. The normalized spacial score (nSPS) is 10.3. The average Bonchev–Trinajstić information content (AvgIpc) is 2.73. The Balaban J connectivity index is 2.19. The van der Waals surface area contributed by atoms with Crippen LogP contribution >= 0.6 is 15.9 Å². The number of H-pyrrole nitrogens is 1. The van der Waals surface area contributed by atoms with Crippen LogP contribution in [0.4, 0.5) is 17.3 Å². The third kappa shape index (κ3) is 2.56. The summed E-state index contributed by atoms with van der Waals surface area (Å²) in [6.45, 7) is 0.303. The number of hydrogen-bond acceptors (Lipinski definition) is 6. The summed E-state index contributed by atoms with van der Waals surface area (Å²) >= 11 is 3.14. The van der Waals surface area contributed by atoms with Gasteiger partial charge in [0.15, 0.2) is 0 Å². The highest BCUT2D eigenvalue weighted by molar-refractivity contribution is 9.10. The highest BCUT2D eigenvalue weighted by atomic mass is 79.9. The number of nitrogens with two attached hydrogens (primary N) is 1. The van der Waals surface area contributed by atoms with Crippen molar-refractivity contribution in [2.45, 2.75) is 6.54 Å². The minimum atomic E-state index is -0.501. The Morgan fingerprint density at radius 2 is 2.33 bits per heavy atom. The predicted molar refractivity (Wildman–Crippen MR) is 68.9 cm³/mol. The molecule has 8 nitrogen and oxygen atoms in total. The third-order valence-corrected chi connectivity index (χ3v) is 2.66. The second-order valence-electron chi connectivity index (χ2n) is 3.44. The summed E-state index contributed by atoms with van der Waals surface area (Å²) in [6, 6.07) is 1.38. The number of nitro groups is 1. The highest BCUT2D eigenvalue weighted by Gasteiger charge is 2.16. The first kappa shape index (κ1) is 12.3. The van der Waals surface area contributed by atoms with Crippen molar-refractivity contribution < 1.29 is 4.92 Å². The zero-order valence-corrected chi connectivity index (χ0v) is 10.6. The molecule has 0 aliphatic carbocycles. The van der Waals surface area contributed by atoms with Crippen molar-refractivity contribution >= 4 is 33.3 Å². The zero-order valence-electron chi connectivity index (χ0n) is 9.05. The van der Waals surface area contributed by atoms with Gasteiger partial charge in [0.25, 0.3) is 0 Å². The van der Waals surface area contributed by atoms with Crippen molar-refractivity contribution in [1.29, 1.82) is 0 Å². The fourth-order valence-electron chi connectivity index (χ4n) is 1.34. The first-order valence-electron chi connectivity index (χ1n) is 4.89. The lowest BCUT2D eigenvalue weighted by atomic mass is 10.3. The van der Waals surface area contributed by atoms with Gasteiger partial charge in [-0.1, -0.05) is 0 Å². The van der Waals surface area contributed by atoms with Crippen LogP contribution in [0.3, 0.4) is 0 Å². The van der Waals surface area contributed by atoms with Crippen LogP contribution in [-0.2, 0) is 6.54 Å². The molecular weight excluding hydrogens is 304 g/mol. The second kappa shape index (κ2) is 5.00. The van der Waals surface area contributed by atoms with Gasteiger partial charge in [-0.05, 0) is 15.9 Å². The monoisotopic (exact) mass is 312 g/mol. The predicted octanol–water partition coefficient (Wildman–Crippen LogP) is 1.67. The maximum Gasteiger partial charge on any atom is 0.312 e. The summed E-state index contributed by atoms with van der Waals surface area (Å²) in [5.74, 6) is 0.603. The van der Waals surface area contributed by atoms with Crippen LogP contribution in [0.1, 0.15) is 5.56 Å². The number of rotatable bonds is 4. The van der Waals surface area contributed by atoms with Crippen molar-refractivity contribution in [1.82, 2.24) is 15.2 Å². The molecule has 2 rings (SSSR count). The molecule has 4 N–H and O–H groups in total. The molecule has 0 spiro atoms. The van der Waals surface area contributed by atoms with E-state index >= 15 is 0 Å². The van der Waals surface area contributed by atoms with E-state index in [0.717, 1.165) is 0 Å². The highest BCUT2D eigenvalue weighted by Crippen LogP contribution is 2.25. The van der Waals surface area contributed by atoms with Gasteiger partial charge in [0, 0.05) is 28.8 Å². The lowest BCUT2D eigenvalue weighted by Gasteiger charge is -2.05. The molecule has 0 fully saturated rings. The molecule has 0 saturated carbocycles. The van der Waals surface area contributed by atoms with E-state index in [1.165, 1.54) is 12.3 Å². The van der Waals surface area contributed by atoms with Gasteiger partial charge in [-0.3, -0.25) is 15.2 Å². The van der Waals surface area contributed by atoms with Gasteiger partial charge in [-0.25, -0.2) is 4.98 Å². The summed E-state index contributed by atoms with van der Waals surface area (Å²) in [6.07, 6.45) is 3.03. The van der Waals surface area contributed by atoms with Gasteiger partial charge in [0.2, 0.25) is 5.82 Å². The molecule has 0 aliphatic rings. The topological polar surface area (TPSA) is 123 Å². The van der Waals surface area contributed by atoms with Crippen molar-refractivity contribution in [2.24, 2.45) is 0 Å². The molecule has 2 aromatic heterocycles. The Bertz CT molecular complexity index is 584. The Labute approximate surface area is 110 Å². The molecule has 0 bridgehead atoms. The first-order valence-corrected chi connectivity index (χ1v) is 5.68. The molecule has 0 atom stereocenters. The number of pyridine rings is 1. The molecule has 0 saturated heterocycles. The quantitative estimate of drug-likeness (QED) is 0.583. The molecule has 0 radical (unpaired) electrons. The molecule has 94 valence electrons. The van der Waals surface area contributed by atoms with Gasteiger partial charge < -0.3 is 11.1 Å². The van der Waals surface area contributed by atoms with Crippen molar-refractivity contribution in [3.63, 3.8) is 0 Å². The minimum Gasteiger partial charge on any atom is -0.384 e. The van der Waals surface area contributed by atoms with Crippen molar-refractivity contribution in [3.8, 4) is 0 Å². The smallest absolute Gasteiger partial charge is 0.312 e. The summed E-state index contributed by atoms with van der Waals surface area (Å²) in [7, 11) is 0. The van der Waals surface area contributed by atoms with Crippen molar-refractivity contribution in [3.05, 3.63) is 38.6 Å². The number of aromatic nitrogens is 3. The summed E-state index contributed by atoms with van der Waals surface area (Å²) < 4.78 is 0.544. The van der Waals surface area contributed by atoms with Gasteiger partial charge in [-0.15, -0.1) is 0 Å². The van der Waals surface area contributed by atoms with E-state index in [2.05, 4.69) is 36.4 Å². The third-order valence-electron chi connectivity index (χ3n) is 2.23. The van der Waals surface area contributed by atoms with Crippen LogP contribution in [0.5, 0.6) is 0 Å². The minimum absolute atomic E-state index is 0.105. The summed E-state index contributed by atoms with van der Waals surface area (Å²) in [5, 5.41) is 20.0. The second-order valence-corrected chi connectivity index (χ2v) is 4.36. The Hall–Kier alpha value is -2.16. The van der Waals surface area contributed by atoms with E-state index in [4.69, 9.17) is 5.73 Å². The van der Waals surface area contributed by atoms with E-state index in [1.807, 2.05) is 0 Å². The number of hydrogen-bond donors (Lipinski definition) is 3. The van der Waals surface area contributed by atoms with Crippen LogP contribution in [0, 0.1) is 10.1 Å². The van der Waals surface area contributed by atoms with Crippen LogP contribution < -0.4 is 11.1 Å². The molecule has 9 heteroatoms. The van der Waals surface area contributed by atoms with Gasteiger partial charge in [0.1, 0.15) is 5.82 Å².